The monoisotopic (exact) mass is 434 g/mol. The summed E-state index contributed by atoms with van der Waals surface area (Å²) in [5.41, 5.74) is 2.95. The molecule has 0 saturated carbocycles. The minimum absolute atomic E-state index is 0.0469. The van der Waals surface area contributed by atoms with Gasteiger partial charge in [0.25, 0.3) is 11.5 Å². The molecule has 1 amide bonds. The molecule has 31 heavy (non-hydrogen) atoms. The Hall–Kier alpha value is -3.18. The molecule has 5 nitrogen and oxygen atoms in total. The second-order valence-electron chi connectivity index (χ2n) is 8.04. The van der Waals surface area contributed by atoms with Gasteiger partial charge in [0.1, 0.15) is 5.56 Å². The van der Waals surface area contributed by atoms with Crippen molar-refractivity contribution in [3.05, 3.63) is 92.4 Å². The number of anilines is 1. The summed E-state index contributed by atoms with van der Waals surface area (Å²) in [6.07, 6.45) is 1.71. The van der Waals surface area contributed by atoms with Gasteiger partial charge in [0.15, 0.2) is 5.78 Å². The molecule has 1 aliphatic rings. The first-order valence-electron chi connectivity index (χ1n) is 10.3. The fourth-order valence-corrected chi connectivity index (χ4v) is 3.99. The van der Waals surface area contributed by atoms with E-state index in [0.29, 0.717) is 52.8 Å². The van der Waals surface area contributed by atoms with Crippen LogP contribution < -0.4 is 10.9 Å². The molecule has 0 unspecified atom stereocenters. The van der Waals surface area contributed by atoms with Gasteiger partial charge in [-0.15, -0.1) is 0 Å². The highest BCUT2D eigenvalue weighted by molar-refractivity contribution is 6.30. The number of Topliss-reactive ketones (excluding diaryl/α,β-unsaturated/α-hetero) is 1. The number of nitrogens with one attached hydrogen (secondary N) is 1. The molecule has 2 aromatic carbocycles. The van der Waals surface area contributed by atoms with Crippen LogP contribution in [0.4, 0.5) is 5.69 Å². The largest absolute Gasteiger partial charge is 0.322 e. The number of fused-ring (bicyclic) bond motifs is 1. The minimum Gasteiger partial charge on any atom is -0.322 e. The second-order valence-corrected chi connectivity index (χ2v) is 8.48. The number of nitrogens with zero attached hydrogens (tertiary/aromatic N) is 1. The van der Waals surface area contributed by atoms with Crippen LogP contribution in [0, 0.1) is 0 Å². The van der Waals surface area contributed by atoms with Gasteiger partial charge in [-0.3, -0.25) is 19.0 Å². The van der Waals surface area contributed by atoms with Crippen LogP contribution in [-0.2, 0) is 6.42 Å². The van der Waals surface area contributed by atoms with Crippen molar-refractivity contribution in [2.45, 2.75) is 39.0 Å². The fraction of sp³-hybridized carbons (Fsp3) is 0.240. The summed E-state index contributed by atoms with van der Waals surface area (Å²) >= 11 is 5.90. The summed E-state index contributed by atoms with van der Waals surface area (Å²) in [6, 6.07) is 15.8. The van der Waals surface area contributed by atoms with Crippen molar-refractivity contribution in [1.82, 2.24) is 4.57 Å². The van der Waals surface area contributed by atoms with Crippen LogP contribution in [0.3, 0.4) is 0 Å². The van der Waals surface area contributed by atoms with Crippen molar-refractivity contribution in [1.29, 1.82) is 0 Å². The van der Waals surface area contributed by atoms with E-state index in [1.165, 1.54) is 10.6 Å². The Balaban J connectivity index is 1.83. The third-order valence-corrected chi connectivity index (χ3v) is 5.84. The topological polar surface area (TPSA) is 68.2 Å². The van der Waals surface area contributed by atoms with Gasteiger partial charge in [-0.25, -0.2) is 0 Å². The molecule has 4 rings (SSSR count). The third kappa shape index (κ3) is 4.19. The Morgan fingerprint density at radius 1 is 1.00 bits per heavy atom. The Bertz CT molecular complexity index is 1210. The van der Waals surface area contributed by atoms with E-state index in [4.69, 9.17) is 11.6 Å². The lowest BCUT2D eigenvalue weighted by Gasteiger charge is -2.22. The first kappa shape index (κ1) is 21.1. The summed E-state index contributed by atoms with van der Waals surface area (Å²) in [6.45, 7) is 4.20. The molecule has 0 aliphatic heterocycles. The Labute approximate surface area is 185 Å². The van der Waals surface area contributed by atoms with Crippen LogP contribution in [0.25, 0.3) is 5.69 Å². The molecule has 6 heteroatoms. The van der Waals surface area contributed by atoms with E-state index in [1.807, 2.05) is 24.3 Å². The van der Waals surface area contributed by atoms with Crippen LogP contribution >= 0.6 is 11.6 Å². The van der Waals surface area contributed by atoms with E-state index in [9.17, 15) is 14.4 Å². The lowest BCUT2D eigenvalue weighted by atomic mass is 9.92. The number of aromatic nitrogens is 1. The quantitative estimate of drug-likeness (QED) is 0.598. The molecule has 0 radical (unpaired) electrons. The molecule has 158 valence electrons. The normalized spacial score (nSPS) is 13.2. The van der Waals surface area contributed by atoms with Gasteiger partial charge in [0.2, 0.25) is 0 Å². The summed E-state index contributed by atoms with van der Waals surface area (Å²) in [5, 5.41) is 3.27. The summed E-state index contributed by atoms with van der Waals surface area (Å²) in [5.74, 6) is -0.242. The Morgan fingerprint density at radius 3 is 2.32 bits per heavy atom. The summed E-state index contributed by atoms with van der Waals surface area (Å²) in [7, 11) is 0. The zero-order chi connectivity index (χ0) is 22.1. The highest BCUT2D eigenvalue weighted by Crippen LogP contribution is 2.25. The van der Waals surface area contributed by atoms with Crippen LogP contribution in [0.5, 0.6) is 0 Å². The number of carbonyl (C=O) groups is 2. The van der Waals surface area contributed by atoms with Crippen LogP contribution in [0.2, 0.25) is 5.02 Å². The third-order valence-electron chi connectivity index (χ3n) is 5.59. The lowest BCUT2D eigenvalue weighted by molar-refractivity contribution is 0.0971. The van der Waals surface area contributed by atoms with E-state index in [-0.39, 0.29) is 11.3 Å². The number of hydrogen-bond donors (Lipinski definition) is 1. The zero-order valence-electron chi connectivity index (χ0n) is 17.4. The van der Waals surface area contributed by atoms with Crippen LogP contribution in [0.15, 0.2) is 59.4 Å². The van der Waals surface area contributed by atoms with Crippen molar-refractivity contribution in [2.24, 2.45) is 0 Å². The highest BCUT2D eigenvalue weighted by Gasteiger charge is 2.26. The molecule has 0 saturated heterocycles. The van der Waals surface area contributed by atoms with Crippen molar-refractivity contribution in [3.63, 3.8) is 0 Å². The SMILES string of the molecule is CC(C)c1ccc(-n2c3c(cc(C(=O)Nc4ccc(Cl)cc4)c2=O)C(=O)CCC3)cc1. The number of amides is 1. The van der Waals surface area contributed by atoms with Crippen molar-refractivity contribution >= 4 is 29.0 Å². The molecule has 1 heterocycles. The fourth-order valence-electron chi connectivity index (χ4n) is 3.87. The van der Waals surface area contributed by atoms with Gasteiger partial charge < -0.3 is 5.32 Å². The number of hydrogen-bond acceptors (Lipinski definition) is 3. The maximum atomic E-state index is 13.4. The van der Waals surface area contributed by atoms with E-state index in [1.54, 1.807) is 24.3 Å². The molecular weight excluding hydrogens is 412 g/mol. The Kier molecular flexibility index (Phi) is 5.79. The average Bonchev–Trinajstić information content (AvgIpc) is 2.75. The van der Waals surface area contributed by atoms with Crippen molar-refractivity contribution in [2.75, 3.05) is 5.32 Å². The number of halogens is 1. The molecule has 0 bridgehead atoms. The van der Waals surface area contributed by atoms with Gasteiger partial charge in [-0.05, 0) is 66.8 Å². The predicted molar refractivity (Wildman–Crippen MR) is 123 cm³/mol. The van der Waals surface area contributed by atoms with Crippen LogP contribution in [-0.4, -0.2) is 16.3 Å². The molecule has 0 atom stereocenters. The molecule has 1 aromatic heterocycles. The number of rotatable bonds is 4. The first-order valence-corrected chi connectivity index (χ1v) is 10.7. The van der Waals surface area contributed by atoms with Gasteiger partial charge in [-0.1, -0.05) is 37.6 Å². The minimum atomic E-state index is -0.555. The highest BCUT2D eigenvalue weighted by atomic mass is 35.5. The number of ketones is 1. The van der Waals surface area contributed by atoms with E-state index < -0.39 is 11.5 Å². The number of pyridine rings is 1. The molecule has 1 aliphatic carbocycles. The first-order chi connectivity index (χ1) is 14.8. The van der Waals surface area contributed by atoms with E-state index in [0.717, 1.165) is 5.56 Å². The maximum absolute atomic E-state index is 13.4. The zero-order valence-corrected chi connectivity index (χ0v) is 18.2. The molecular formula is C25H23ClN2O3. The van der Waals surface area contributed by atoms with E-state index >= 15 is 0 Å². The van der Waals surface area contributed by atoms with Gasteiger partial charge >= 0.3 is 0 Å². The number of benzene rings is 2. The summed E-state index contributed by atoms with van der Waals surface area (Å²) in [4.78, 5) is 39.0. The second kappa shape index (κ2) is 8.52. The average molecular weight is 435 g/mol. The maximum Gasteiger partial charge on any atom is 0.268 e. The molecule has 0 fully saturated rings. The van der Waals surface area contributed by atoms with Crippen molar-refractivity contribution < 1.29 is 9.59 Å². The molecule has 3 aromatic rings. The van der Waals surface area contributed by atoms with Gasteiger partial charge in [0.05, 0.1) is 0 Å². The lowest BCUT2D eigenvalue weighted by Crippen LogP contribution is -2.33. The molecule has 0 spiro atoms. The Morgan fingerprint density at radius 2 is 1.68 bits per heavy atom. The molecule has 1 N–H and O–H groups in total. The standard InChI is InChI=1S/C25H23ClN2O3/c1-15(2)16-6-12-19(13-7-16)28-22-4-3-5-23(29)20(22)14-21(25(28)31)24(30)27-18-10-8-17(26)9-11-18/h6-15H,3-5H2,1-2H3,(H,27,30). The van der Waals surface area contributed by atoms with Crippen LogP contribution in [0.1, 0.15) is 64.6 Å². The smallest absolute Gasteiger partial charge is 0.268 e. The van der Waals surface area contributed by atoms with Gasteiger partial charge in [0, 0.05) is 34.1 Å². The summed E-state index contributed by atoms with van der Waals surface area (Å²) < 4.78 is 1.52. The number of carbonyl (C=O) groups excluding carboxylic acids is 2. The van der Waals surface area contributed by atoms with Gasteiger partial charge in [-0.2, -0.15) is 0 Å². The predicted octanol–water partition coefficient (Wildman–Crippen LogP) is 5.39. The van der Waals surface area contributed by atoms with E-state index in [2.05, 4.69) is 19.2 Å². The van der Waals surface area contributed by atoms with Crippen molar-refractivity contribution in [3.8, 4) is 5.69 Å².